The van der Waals surface area contributed by atoms with Gasteiger partial charge >= 0.3 is 6.18 Å². The van der Waals surface area contributed by atoms with E-state index in [0.717, 1.165) is 0 Å². The van der Waals surface area contributed by atoms with Gasteiger partial charge in [-0.3, -0.25) is 4.79 Å². The van der Waals surface area contributed by atoms with Crippen molar-refractivity contribution in [3.63, 3.8) is 0 Å². The molecule has 1 atom stereocenters. The summed E-state index contributed by atoms with van der Waals surface area (Å²) in [6.07, 6.45) is -5.76. The number of halogens is 3. The Balaban J connectivity index is 3.96. The number of primary amides is 1. The van der Waals surface area contributed by atoms with Gasteiger partial charge in [0, 0.05) is 18.4 Å². The molecule has 0 aliphatic rings. The summed E-state index contributed by atoms with van der Waals surface area (Å²) in [5.41, 5.74) is 9.08. The maximum absolute atomic E-state index is 11.8. The lowest BCUT2D eigenvalue weighted by molar-refractivity contribution is -0.139. The summed E-state index contributed by atoms with van der Waals surface area (Å²) >= 11 is 0. The zero-order valence-corrected chi connectivity index (χ0v) is 7.32. The zero-order valence-electron chi connectivity index (χ0n) is 7.32. The van der Waals surface area contributed by atoms with Crippen LogP contribution in [0.15, 0.2) is 0 Å². The van der Waals surface area contributed by atoms with Crippen molar-refractivity contribution in [2.24, 2.45) is 11.5 Å². The third-order valence-corrected chi connectivity index (χ3v) is 1.56. The van der Waals surface area contributed by atoms with Crippen molar-refractivity contribution in [2.75, 3.05) is 0 Å². The first-order valence-electron chi connectivity index (χ1n) is 3.76. The average molecular weight is 198 g/mol. The third-order valence-electron chi connectivity index (χ3n) is 1.56. The second kappa shape index (κ2) is 3.95. The molecule has 0 radical (unpaired) electrons. The molecule has 0 heterocycles. The Morgan fingerprint density at radius 3 is 2.08 bits per heavy atom. The molecular formula is C7H13F3N2O. The van der Waals surface area contributed by atoms with Gasteiger partial charge in [-0.25, -0.2) is 0 Å². The molecule has 1 unspecified atom stereocenters. The van der Waals surface area contributed by atoms with Gasteiger partial charge in [-0.15, -0.1) is 0 Å². The predicted octanol–water partition coefficient (Wildman–Crippen LogP) is 0.922. The molecule has 0 fully saturated rings. The van der Waals surface area contributed by atoms with Gasteiger partial charge in [-0.05, 0) is 13.3 Å². The smallest absolute Gasteiger partial charge is 0.370 e. The van der Waals surface area contributed by atoms with Crippen LogP contribution in [0, 0.1) is 0 Å². The molecule has 0 spiro atoms. The summed E-state index contributed by atoms with van der Waals surface area (Å²) in [7, 11) is 0. The second-order valence-corrected chi connectivity index (χ2v) is 3.41. The Morgan fingerprint density at radius 2 is 1.77 bits per heavy atom. The highest BCUT2D eigenvalue weighted by molar-refractivity contribution is 5.75. The molecule has 3 nitrogen and oxygen atoms in total. The van der Waals surface area contributed by atoms with Crippen LogP contribution < -0.4 is 11.5 Å². The van der Waals surface area contributed by atoms with E-state index in [1.807, 2.05) is 0 Å². The minimum atomic E-state index is -4.24. The van der Waals surface area contributed by atoms with Crippen molar-refractivity contribution >= 4 is 5.91 Å². The molecule has 0 aromatic heterocycles. The zero-order chi connectivity index (χ0) is 10.7. The number of alkyl halides is 3. The van der Waals surface area contributed by atoms with Gasteiger partial charge in [-0.2, -0.15) is 13.2 Å². The minimum absolute atomic E-state index is 0.233. The molecular weight excluding hydrogens is 185 g/mol. The van der Waals surface area contributed by atoms with Gasteiger partial charge in [-0.1, -0.05) is 0 Å². The van der Waals surface area contributed by atoms with Crippen LogP contribution in [-0.2, 0) is 4.79 Å². The van der Waals surface area contributed by atoms with Crippen molar-refractivity contribution in [3.05, 3.63) is 0 Å². The number of nitrogens with two attached hydrogens (primary N) is 2. The van der Waals surface area contributed by atoms with E-state index >= 15 is 0 Å². The number of carbonyl (C=O) groups excluding carboxylic acids is 1. The van der Waals surface area contributed by atoms with Crippen LogP contribution in [-0.4, -0.2) is 17.6 Å². The lowest BCUT2D eigenvalue weighted by Crippen LogP contribution is -2.41. The number of rotatable bonds is 4. The minimum Gasteiger partial charge on any atom is -0.370 e. The van der Waals surface area contributed by atoms with E-state index in [1.165, 1.54) is 6.92 Å². The summed E-state index contributed by atoms with van der Waals surface area (Å²) < 4.78 is 35.3. The maximum atomic E-state index is 11.8. The molecule has 0 bridgehead atoms. The van der Waals surface area contributed by atoms with E-state index in [2.05, 4.69) is 0 Å². The summed E-state index contributed by atoms with van der Waals surface area (Å²) in [5, 5.41) is 0. The summed E-state index contributed by atoms with van der Waals surface area (Å²) in [5.74, 6) is -0.688. The molecule has 0 aliphatic heterocycles. The molecule has 0 aliphatic carbocycles. The van der Waals surface area contributed by atoms with Crippen LogP contribution in [0.1, 0.15) is 26.2 Å². The number of carbonyl (C=O) groups is 1. The van der Waals surface area contributed by atoms with Gasteiger partial charge in [0.1, 0.15) is 0 Å². The summed E-state index contributed by atoms with van der Waals surface area (Å²) in [6.45, 7) is 1.38. The Kier molecular flexibility index (Phi) is 3.71. The topological polar surface area (TPSA) is 69.1 Å². The first-order valence-corrected chi connectivity index (χ1v) is 3.76. The molecule has 0 aromatic carbocycles. The summed E-state index contributed by atoms with van der Waals surface area (Å²) in [4.78, 5) is 10.4. The van der Waals surface area contributed by atoms with Crippen LogP contribution in [0.25, 0.3) is 0 Å². The molecule has 0 aromatic rings. The van der Waals surface area contributed by atoms with Gasteiger partial charge < -0.3 is 11.5 Å². The Hall–Kier alpha value is -0.780. The fourth-order valence-corrected chi connectivity index (χ4v) is 0.914. The first kappa shape index (κ1) is 12.2. The molecule has 4 N–H and O–H groups in total. The molecule has 13 heavy (non-hydrogen) atoms. The molecule has 0 saturated heterocycles. The largest absolute Gasteiger partial charge is 0.389 e. The average Bonchev–Trinajstić information content (AvgIpc) is 1.79. The molecule has 78 valence electrons. The van der Waals surface area contributed by atoms with Crippen LogP contribution in [0.5, 0.6) is 0 Å². The van der Waals surface area contributed by atoms with Gasteiger partial charge in [0.25, 0.3) is 0 Å². The Morgan fingerprint density at radius 1 is 1.31 bits per heavy atom. The van der Waals surface area contributed by atoms with E-state index in [-0.39, 0.29) is 12.8 Å². The quantitative estimate of drug-likeness (QED) is 0.705. The summed E-state index contributed by atoms with van der Waals surface area (Å²) in [6, 6.07) is 0. The van der Waals surface area contributed by atoms with E-state index in [4.69, 9.17) is 11.5 Å². The first-order chi connectivity index (χ1) is 5.62. The van der Waals surface area contributed by atoms with Crippen molar-refractivity contribution in [1.82, 2.24) is 0 Å². The van der Waals surface area contributed by atoms with E-state index in [1.54, 1.807) is 0 Å². The number of amides is 1. The Labute approximate surface area is 74.3 Å². The Bertz CT molecular complexity index is 189. The van der Waals surface area contributed by atoms with Crippen molar-refractivity contribution < 1.29 is 18.0 Å². The van der Waals surface area contributed by atoms with Gasteiger partial charge in [0.15, 0.2) is 0 Å². The predicted molar refractivity (Wildman–Crippen MR) is 41.7 cm³/mol. The van der Waals surface area contributed by atoms with Crippen molar-refractivity contribution in [2.45, 2.75) is 37.9 Å². The third kappa shape index (κ3) is 7.58. The highest BCUT2D eigenvalue weighted by atomic mass is 19.4. The molecule has 0 saturated carbocycles. The second-order valence-electron chi connectivity index (χ2n) is 3.41. The van der Waals surface area contributed by atoms with Crippen molar-refractivity contribution in [1.29, 1.82) is 0 Å². The highest BCUT2D eigenvalue weighted by Gasteiger charge is 2.31. The monoisotopic (exact) mass is 198 g/mol. The van der Waals surface area contributed by atoms with E-state index in [0.29, 0.717) is 0 Å². The number of hydrogen-bond acceptors (Lipinski definition) is 2. The fourth-order valence-electron chi connectivity index (χ4n) is 0.914. The van der Waals surface area contributed by atoms with Crippen LogP contribution >= 0.6 is 0 Å². The van der Waals surface area contributed by atoms with Crippen LogP contribution in [0.4, 0.5) is 13.2 Å². The normalized spacial score (nSPS) is 16.7. The highest BCUT2D eigenvalue weighted by Crippen LogP contribution is 2.25. The van der Waals surface area contributed by atoms with Crippen molar-refractivity contribution in [3.8, 4) is 0 Å². The van der Waals surface area contributed by atoms with Crippen LogP contribution in [0.2, 0.25) is 0 Å². The van der Waals surface area contributed by atoms with E-state index in [9.17, 15) is 18.0 Å². The van der Waals surface area contributed by atoms with E-state index < -0.39 is 24.0 Å². The lowest BCUT2D eigenvalue weighted by Gasteiger charge is -2.23. The molecule has 1 amide bonds. The lowest BCUT2D eigenvalue weighted by atomic mass is 9.93. The molecule has 0 rings (SSSR count). The molecule has 6 heteroatoms. The number of hydrogen-bond donors (Lipinski definition) is 2. The standard InChI is InChI=1S/C7H13F3N2O/c1-6(12,4-5(11)13)2-3-7(8,9)10/h2-4,12H2,1H3,(H2,11,13). The van der Waals surface area contributed by atoms with Gasteiger partial charge in [0.05, 0.1) is 0 Å². The fraction of sp³-hybridized carbons (Fsp3) is 0.857. The SMILES string of the molecule is CC(N)(CCC(F)(F)F)CC(N)=O. The van der Waals surface area contributed by atoms with Gasteiger partial charge in [0.2, 0.25) is 5.91 Å². The maximum Gasteiger partial charge on any atom is 0.389 e. The van der Waals surface area contributed by atoms with Crippen LogP contribution in [0.3, 0.4) is 0 Å².